The van der Waals surface area contributed by atoms with E-state index in [-0.39, 0.29) is 18.4 Å². The molecule has 2 unspecified atom stereocenters. The third-order valence-electron chi connectivity index (χ3n) is 4.34. The lowest BCUT2D eigenvalue weighted by atomic mass is 10.0. The Balaban J connectivity index is 2.54. The smallest absolute Gasteiger partial charge is 0.407 e. The zero-order valence-electron chi connectivity index (χ0n) is 17.6. The molecule has 29 heavy (non-hydrogen) atoms. The molecule has 0 radical (unpaired) electrons. The fourth-order valence-electron chi connectivity index (χ4n) is 2.46. The highest BCUT2D eigenvalue weighted by Gasteiger charge is 2.24. The Morgan fingerprint density at radius 3 is 2.38 bits per heavy atom. The molecule has 0 saturated heterocycles. The lowest BCUT2D eigenvalue weighted by molar-refractivity contribution is -0.179. The molecule has 1 aromatic carbocycles. The van der Waals surface area contributed by atoms with Gasteiger partial charge in [0, 0.05) is 6.54 Å². The predicted octanol–water partition coefficient (Wildman–Crippen LogP) is 2.59. The van der Waals surface area contributed by atoms with Crippen LogP contribution in [0.5, 0.6) is 0 Å². The first-order chi connectivity index (χ1) is 13.6. The van der Waals surface area contributed by atoms with Gasteiger partial charge in [0.1, 0.15) is 6.61 Å². The largest absolute Gasteiger partial charge is 0.787 e. The van der Waals surface area contributed by atoms with Crippen molar-refractivity contribution in [1.82, 2.24) is 15.7 Å². The summed E-state index contributed by atoms with van der Waals surface area (Å²) in [5.41, 5.74) is 0.793. The summed E-state index contributed by atoms with van der Waals surface area (Å²) in [6.07, 6.45) is -0.212. The van der Waals surface area contributed by atoms with Crippen LogP contribution in [-0.2, 0) is 20.7 Å². The molecule has 1 aromatic rings. The maximum atomic E-state index is 12.4. The van der Waals surface area contributed by atoms with Crippen LogP contribution in [0.25, 0.3) is 0 Å². The fourth-order valence-corrected chi connectivity index (χ4v) is 3.58. The molecule has 0 aliphatic carbocycles. The molecule has 0 bridgehead atoms. The third-order valence-corrected chi connectivity index (χ3v) is 5.62. The van der Waals surface area contributed by atoms with E-state index in [0.29, 0.717) is 18.9 Å². The minimum Gasteiger partial charge on any atom is -0.787 e. The Bertz CT molecular complexity index is 684. The van der Waals surface area contributed by atoms with Crippen LogP contribution in [-0.4, -0.2) is 30.9 Å². The minimum atomic E-state index is -4.24. The average Bonchev–Trinajstić information content (AvgIpc) is 2.68. The van der Waals surface area contributed by atoms with Gasteiger partial charge in [0.05, 0.1) is 19.8 Å². The van der Waals surface area contributed by atoms with Crippen LogP contribution in [0.4, 0.5) is 4.79 Å². The van der Waals surface area contributed by atoms with Gasteiger partial charge in [0.2, 0.25) is 5.91 Å². The van der Waals surface area contributed by atoms with Crippen molar-refractivity contribution in [1.29, 1.82) is 0 Å². The summed E-state index contributed by atoms with van der Waals surface area (Å²) in [5, 5.41) is 7.42. The highest BCUT2D eigenvalue weighted by molar-refractivity contribution is 7.54. The molecule has 2 amide bonds. The molecule has 0 aliphatic rings. The third kappa shape index (κ3) is 11.0. The first-order valence-electron chi connectivity index (χ1n) is 9.93. The Kier molecular flexibility index (Phi) is 10.9. The van der Waals surface area contributed by atoms with E-state index in [1.54, 1.807) is 12.1 Å². The standard InChI is InChI=1S/C20H34N3O5P/c1-5-16(4)12-21-19(24)18(11-15(2)3)23-29(26,27)14-22-20(25)28-13-17-9-7-6-8-10-17/h6-10,15-16,18H,5,11-14H2,1-4H3,(H,21,24)(H,22,25)(H2,23,26,27)/p-1/t16?,18-/m0/s1. The van der Waals surface area contributed by atoms with Gasteiger partial charge >= 0.3 is 6.09 Å². The van der Waals surface area contributed by atoms with Crippen molar-refractivity contribution < 1.29 is 23.8 Å². The normalized spacial score (nSPS) is 15.2. The fraction of sp³-hybridized carbons (Fsp3) is 0.600. The van der Waals surface area contributed by atoms with E-state index in [0.717, 1.165) is 12.0 Å². The van der Waals surface area contributed by atoms with Gasteiger partial charge < -0.3 is 24.8 Å². The number of benzene rings is 1. The first kappa shape index (κ1) is 25.1. The van der Waals surface area contributed by atoms with Crippen molar-refractivity contribution in [3.05, 3.63) is 35.9 Å². The van der Waals surface area contributed by atoms with E-state index >= 15 is 0 Å². The molecule has 0 aliphatic heterocycles. The summed E-state index contributed by atoms with van der Waals surface area (Å²) >= 11 is 0. The van der Waals surface area contributed by atoms with Gasteiger partial charge in [-0.3, -0.25) is 9.88 Å². The van der Waals surface area contributed by atoms with Gasteiger partial charge in [0.25, 0.3) is 0 Å². The molecule has 8 nitrogen and oxygen atoms in total. The minimum absolute atomic E-state index is 0.0389. The van der Waals surface area contributed by atoms with Crippen molar-refractivity contribution >= 4 is 19.5 Å². The van der Waals surface area contributed by atoms with Gasteiger partial charge in [-0.05, 0) is 23.8 Å². The summed E-state index contributed by atoms with van der Waals surface area (Å²) in [7, 11) is -4.24. The number of carbonyl (C=O) groups is 2. The SMILES string of the molecule is CCC(C)CNC(=O)[C@H](CC(C)C)NP(=O)([O-])CNC(=O)OCc1ccccc1. The van der Waals surface area contributed by atoms with Crippen molar-refractivity contribution in [2.75, 3.05) is 12.8 Å². The molecule has 0 fully saturated rings. The zero-order chi connectivity index (χ0) is 21.9. The topological polar surface area (TPSA) is 120 Å². The second-order valence-electron chi connectivity index (χ2n) is 7.64. The van der Waals surface area contributed by atoms with E-state index in [1.807, 2.05) is 45.9 Å². The van der Waals surface area contributed by atoms with E-state index < -0.39 is 25.9 Å². The second kappa shape index (κ2) is 12.6. The van der Waals surface area contributed by atoms with Gasteiger partial charge in [-0.1, -0.05) is 64.4 Å². The van der Waals surface area contributed by atoms with Crippen LogP contribution in [0.2, 0.25) is 0 Å². The number of carbonyl (C=O) groups excluding carboxylic acids is 2. The summed E-state index contributed by atoms with van der Waals surface area (Å²) in [5.74, 6) is 0.0612. The summed E-state index contributed by atoms with van der Waals surface area (Å²) in [6.45, 7) is 8.37. The van der Waals surface area contributed by atoms with E-state index in [4.69, 9.17) is 4.74 Å². The molecular formula is C20H33N3O5P-. The summed E-state index contributed by atoms with van der Waals surface area (Å²) < 4.78 is 17.4. The van der Waals surface area contributed by atoms with Gasteiger partial charge in [-0.15, -0.1) is 0 Å². The Morgan fingerprint density at radius 2 is 1.79 bits per heavy atom. The Hall–Kier alpha value is -1.89. The van der Waals surface area contributed by atoms with Crippen LogP contribution in [0.1, 0.15) is 46.1 Å². The maximum Gasteiger partial charge on any atom is 0.407 e. The van der Waals surface area contributed by atoms with Gasteiger partial charge in [0.15, 0.2) is 0 Å². The number of rotatable bonds is 12. The number of nitrogens with one attached hydrogen (secondary N) is 3. The van der Waals surface area contributed by atoms with E-state index in [1.165, 1.54) is 0 Å². The molecule has 3 N–H and O–H groups in total. The molecule has 0 saturated carbocycles. The van der Waals surface area contributed by atoms with Crippen LogP contribution >= 0.6 is 7.52 Å². The van der Waals surface area contributed by atoms with Crippen LogP contribution < -0.4 is 20.6 Å². The average molecular weight is 426 g/mol. The monoisotopic (exact) mass is 426 g/mol. The number of alkyl carbamates (subject to hydrolysis) is 1. The molecule has 0 spiro atoms. The molecule has 1 rings (SSSR count). The number of amides is 2. The van der Waals surface area contributed by atoms with Crippen LogP contribution in [0.15, 0.2) is 30.3 Å². The van der Waals surface area contributed by atoms with Crippen LogP contribution in [0, 0.1) is 11.8 Å². The highest BCUT2D eigenvalue weighted by atomic mass is 31.2. The summed E-state index contributed by atoms with van der Waals surface area (Å²) in [6, 6.07) is 8.17. The second-order valence-corrected chi connectivity index (χ2v) is 9.56. The summed E-state index contributed by atoms with van der Waals surface area (Å²) in [4.78, 5) is 36.6. The maximum absolute atomic E-state index is 12.4. The first-order valence-corrected chi connectivity index (χ1v) is 11.7. The molecule has 0 heterocycles. The number of ether oxygens (including phenoxy) is 1. The van der Waals surface area contributed by atoms with E-state index in [9.17, 15) is 19.0 Å². The van der Waals surface area contributed by atoms with Crippen LogP contribution in [0.3, 0.4) is 0 Å². The van der Waals surface area contributed by atoms with Crippen molar-refractivity contribution in [3.63, 3.8) is 0 Å². The zero-order valence-corrected chi connectivity index (χ0v) is 18.5. The number of hydrogen-bond acceptors (Lipinski definition) is 5. The quantitative estimate of drug-likeness (QED) is 0.442. The lowest BCUT2D eigenvalue weighted by Crippen LogP contribution is -2.47. The van der Waals surface area contributed by atoms with Crippen molar-refractivity contribution in [3.8, 4) is 0 Å². The van der Waals surface area contributed by atoms with Crippen molar-refractivity contribution in [2.24, 2.45) is 11.8 Å². The molecular weight excluding hydrogens is 393 g/mol. The van der Waals surface area contributed by atoms with Crippen molar-refractivity contribution in [2.45, 2.75) is 53.2 Å². The highest BCUT2D eigenvalue weighted by Crippen LogP contribution is 2.30. The van der Waals surface area contributed by atoms with Gasteiger partial charge in [-0.25, -0.2) is 4.79 Å². The lowest BCUT2D eigenvalue weighted by Gasteiger charge is -2.30. The molecule has 0 aromatic heterocycles. The van der Waals surface area contributed by atoms with E-state index in [2.05, 4.69) is 15.7 Å². The molecule has 164 valence electrons. The Morgan fingerprint density at radius 1 is 1.14 bits per heavy atom. The molecule has 3 atom stereocenters. The molecule has 9 heteroatoms. The Labute approximate surface area is 173 Å². The number of hydrogen-bond donors (Lipinski definition) is 3. The van der Waals surface area contributed by atoms with Gasteiger partial charge in [-0.2, -0.15) is 0 Å². The predicted molar refractivity (Wildman–Crippen MR) is 111 cm³/mol.